The van der Waals surface area contributed by atoms with E-state index in [2.05, 4.69) is 19.8 Å². The van der Waals surface area contributed by atoms with Crippen LogP contribution >= 0.6 is 0 Å². The van der Waals surface area contributed by atoms with Crippen molar-refractivity contribution >= 4 is 39.0 Å². The number of H-pyrrole nitrogens is 1. The number of nitrogens with two attached hydrogens (primary N) is 1. The predicted molar refractivity (Wildman–Crippen MR) is 128 cm³/mol. The number of fused-ring (bicyclic) bond motifs is 2. The zero-order valence-corrected chi connectivity index (χ0v) is 18.1. The maximum Gasteiger partial charge on any atom is 0.201 e. The van der Waals surface area contributed by atoms with Gasteiger partial charge in [-0.15, -0.1) is 0 Å². The number of rotatable bonds is 4. The van der Waals surface area contributed by atoms with E-state index in [4.69, 9.17) is 15.2 Å². The summed E-state index contributed by atoms with van der Waals surface area (Å²) in [5.41, 5.74) is 9.20. The van der Waals surface area contributed by atoms with Crippen LogP contribution in [0, 0.1) is 0 Å². The number of nitrogens with one attached hydrogen (secondary N) is 1. The van der Waals surface area contributed by atoms with Crippen molar-refractivity contribution in [3.8, 4) is 11.5 Å². The standard InChI is InChI=1S/C24H25N5O3/c1-31-15-11-19-23(21(12-15)32-2)24(30)16-13-17(25)20(14-18(16)27-19)28-7-9-29(10-8-28)22-5-3-4-6-26-22/h3-6,11-14H,7-10,25H2,1-2H3,(H,27,30). The molecule has 164 valence electrons. The number of aromatic nitrogens is 2. The fraction of sp³-hybridized carbons (Fsp3) is 0.250. The molecule has 1 saturated heterocycles. The van der Waals surface area contributed by atoms with Gasteiger partial charge in [0, 0.05) is 49.9 Å². The normalized spacial score (nSPS) is 14.2. The second-order valence-corrected chi connectivity index (χ2v) is 7.82. The van der Waals surface area contributed by atoms with Crippen LogP contribution < -0.4 is 30.4 Å². The van der Waals surface area contributed by atoms with E-state index < -0.39 is 0 Å². The number of pyridine rings is 2. The summed E-state index contributed by atoms with van der Waals surface area (Å²) < 4.78 is 10.8. The number of nitrogen functional groups attached to an aromatic ring is 1. The largest absolute Gasteiger partial charge is 0.497 e. The molecule has 3 N–H and O–H groups in total. The molecule has 0 spiro atoms. The van der Waals surface area contributed by atoms with Gasteiger partial charge in [-0.3, -0.25) is 4.79 Å². The number of hydrogen-bond donors (Lipinski definition) is 2. The van der Waals surface area contributed by atoms with Gasteiger partial charge in [0.05, 0.1) is 42.0 Å². The highest BCUT2D eigenvalue weighted by Gasteiger charge is 2.21. The molecule has 0 atom stereocenters. The van der Waals surface area contributed by atoms with Gasteiger partial charge in [0.15, 0.2) is 0 Å². The number of hydrogen-bond acceptors (Lipinski definition) is 7. The lowest BCUT2D eigenvalue weighted by Crippen LogP contribution is -2.47. The summed E-state index contributed by atoms with van der Waals surface area (Å²) in [7, 11) is 3.13. The summed E-state index contributed by atoms with van der Waals surface area (Å²) in [4.78, 5) is 25.6. The number of ether oxygens (including phenoxy) is 2. The van der Waals surface area contributed by atoms with E-state index in [9.17, 15) is 4.79 Å². The molecule has 2 aromatic heterocycles. The van der Waals surface area contributed by atoms with Gasteiger partial charge in [0.2, 0.25) is 5.43 Å². The first kappa shape index (κ1) is 20.0. The van der Waals surface area contributed by atoms with Crippen molar-refractivity contribution in [2.45, 2.75) is 0 Å². The Morgan fingerprint density at radius 2 is 1.75 bits per heavy atom. The Morgan fingerprint density at radius 1 is 0.969 bits per heavy atom. The van der Waals surface area contributed by atoms with Crippen LogP contribution in [0.5, 0.6) is 11.5 Å². The third kappa shape index (κ3) is 3.33. The van der Waals surface area contributed by atoms with E-state index in [1.165, 1.54) is 0 Å². The lowest BCUT2D eigenvalue weighted by atomic mass is 10.1. The topological polar surface area (TPSA) is 96.7 Å². The molecule has 1 aliphatic heterocycles. The number of methoxy groups -OCH3 is 2. The maximum absolute atomic E-state index is 13.3. The average Bonchev–Trinajstić information content (AvgIpc) is 2.84. The van der Waals surface area contributed by atoms with Crippen molar-refractivity contribution in [2.75, 3.05) is 55.9 Å². The molecule has 1 fully saturated rings. The Balaban J connectivity index is 1.53. The molecule has 0 unspecified atom stereocenters. The number of aromatic amines is 1. The zero-order valence-electron chi connectivity index (χ0n) is 18.1. The second-order valence-electron chi connectivity index (χ2n) is 7.82. The molecule has 0 bridgehead atoms. The van der Waals surface area contributed by atoms with Gasteiger partial charge in [-0.25, -0.2) is 4.98 Å². The SMILES string of the molecule is COc1cc(OC)c2c(=O)c3cc(N)c(N4CCN(c5ccccn5)CC4)cc3[nH]c2c1. The molecule has 5 rings (SSSR count). The second kappa shape index (κ2) is 7.96. The van der Waals surface area contributed by atoms with Crippen LogP contribution in [0.4, 0.5) is 17.2 Å². The van der Waals surface area contributed by atoms with Crippen LogP contribution in [0.25, 0.3) is 21.8 Å². The molecular formula is C24H25N5O3. The number of anilines is 3. The van der Waals surface area contributed by atoms with E-state index >= 15 is 0 Å². The number of nitrogens with zero attached hydrogens (tertiary/aromatic N) is 3. The molecule has 2 aromatic carbocycles. The summed E-state index contributed by atoms with van der Waals surface area (Å²) >= 11 is 0. The lowest BCUT2D eigenvalue weighted by Gasteiger charge is -2.37. The Morgan fingerprint density at radius 3 is 2.44 bits per heavy atom. The fourth-order valence-electron chi connectivity index (χ4n) is 4.37. The highest BCUT2D eigenvalue weighted by atomic mass is 16.5. The molecule has 0 saturated carbocycles. The van der Waals surface area contributed by atoms with E-state index in [-0.39, 0.29) is 5.43 Å². The first-order valence-corrected chi connectivity index (χ1v) is 10.5. The van der Waals surface area contributed by atoms with Crippen LogP contribution in [0.2, 0.25) is 0 Å². The Hall–Kier alpha value is -3.94. The summed E-state index contributed by atoms with van der Waals surface area (Å²) in [5, 5.41) is 1.02. The van der Waals surface area contributed by atoms with Crippen molar-refractivity contribution in [1.29, 1.82) is 0 Å². The van der Waals surface area contributed by atoms with Crippen LogP contribution in [0.1, 0.15) is 0 Å². The van der Waals surface area contributed by atoms with Gasteiger partial charge in [-0.1, -0.05) is 6.07 Å². The van der Waals surface area contributed by atoms with E-state index in [0.717, 1.165) is 43.2 Å². The highest BCUT2D eigenvalue weighted by Crippen LogP contribution is 2.33. The monoisotopic (exact) mass is 431 g/mol. The summed E-state index contributed by atoms with van der Waals surface area (Å²) in [6.07, 6.45) is 1.81. The molecule has 8 heteroatoms. The zero-order chi connectivity index (χ0) is 22.2. The van der Waals surface area contributed by atoms with E-state index in [1.807, 2.05) is 30.5 Å². The van der Waals surface area contributed by atoms with Crippen LogP contribution in [-0.2, 0) is 0 Å². The van der Waals surface area contributed by atoms with Crippen LogP contribution in [-0.4, -0.2) is 50.4 Å². The molecule has 8 nitrogen and oxygen atoms in total. The van der Waals surface area contributed by atoms with Gasteiger partial charge in [0.1, 0.15) is 17.3 Å². The van der Waals surface area contributed by atoms with Crippen molar-refractivity contribution < 1.29 is 9.47 Å². The summed E-state index contributed by atoms with van der Waals surface area (Å²) in [6.45, 7) is 3.31. The van der Waals surface area contributed by atoms with Crippen molar-refractivity contribution in [3.05, 3.63) is 58.9 Å². The first-order valence-electron chi connectivity index (χ1n) is 10.5. The molecule has 32 heavy (non-hydrogen) atoms. The third-order valence-electron chi connectivity index (χ3n) is 6.03. The van der Waals surface area contributed by atoms with Gasteiger partial charge < -0.3 is 30.0 Å². The number of piperazine rings is 1. The van der Waals surface area contributed by atoms with Gasteiger partial charge in [0.25, 0.3) is 0 Å². The molecule has 0 aliphatic carbocycles. The minimum absolute atomic E-state index is 0.119. The minimum Gasteiger partial charge on any atom is -0.497 e. The third-order valence-corrected chi connectivity index (χ3v) is 6.03. The van der Waals surface area contributed by atoms with Gasteiger partial charge in [-0.05, 0) is 24.3 Å². The van der Waals surface area contributed by atoms with E-state index in [0.29, 0.717) is 33.5 Å². The Kier molecular flexibility index (Phi) is 4.97. The van der Waals surface area contributed by atoms with Crippen molar-refractivity contribution in [1.82, 2.24) is 9.97 Å². The van der Waals surface area contributed by atoms with E-state index in [1.54, 1.807) is 32.4 Å². The minimum atomic E-state index is -0.119. The molecule has 4 aromatic rings. The highest BCUT2D eigenvalue weighted by molar-refractivity contribution is 5.99. The molecule has 0 amide bonds. The van der Waals surface area contributed by atoms with Crippen LogP contribution in [0.3, 0.4) is 0 Å². The molecule has 3 heterocycles. The average molecular weight is 431 g/mol. The Labute approximate surface area is 185 Å². The van der Waals surface area contributed by atoms with Gasteiger partial charge in [-0.2, -0.15) is 0 Å². The number of benzene rings is 2. The molecule has 0 radical (unpaired) electrons. The van der Waals surface area contributed by atoms with Crippen LogP contribution in [0.15, 0.2) is 53.5 Å². The first-order chi connectivity index (χ1) is 15.6. The predicted octanol–water partition coefficient (Wildman–Crippen LogP) is 3.00. The molecule has 1 aliphatic rings. The fourth-order valence-corrected chi connectivity index (χ4v) is 4.37. The summed E-state index contributed by atoms with van der Waals surface area (Å²) in [6, 6.07) is 13.2. The Bertz CT molecular complexity index is 1350. The van der Waals surface area contributed by atoms with Crippen molar-refractivity contribution in [2.24, 2.45) is 0 Å². The van der Waals surface area contributed by atoms with Crippen molar-refractivity contribution in [3.63, 3.8) is 0 Å². The van der Waals surface area contributed by atoms with Gasteiger partial charge >= 0.3 is 0 Å². The quantitative estimate of drug-likeness (QED) is 0.379. The maximum atomic E-state index is 13.3. The summed E-state index contributed by atoms with van der Waals surface area (Å²) in [5.74, 6) is 2.07. The molecular weight excluding hydrogens is 406 g/mol. The smallest absolute Gasteiger partial charge is 0.201 e. The lowest BCUT2D eigenvalue weighted by molar-refractivity contribution is 0.397.